The van der Waals surface area contributed by atoms with Gasteiger partial charge in [0.1, 0.15) is 0 Å². The van der Waals surface area contributed by atoms with Gasteiger partial charge in [-0.1, -0.05) is 12.1 Å². The van der Waals surface area contributed by atoms with E-state index in [-0.39, 0.29) is 0 Å². The molecule has 0 bridgehead atoms. The summed E-state index contributed by atoms with van der Waals surface area (Å²) in [6, 6.07) is 6.44. The number of hydrogen-bond acceptors (Lipinski definition) is 2. The highest BCUT2D eigenvalue weighted by Gasteiger charge is 2.06. The fraction of sp³-hybridized carbons (Fsp3) is 0.308. The van der Waals surface area contributed by atoms with E-state index in [1.54, 1.807) is 0 Å². The highest BCUT2D eigenvalue weighted by molar-refractivity contribution is 5.44. The second kappa shape index (κ2) is 4.49. The topological polar surface area (TPSA) is 43.8 Å². The van der Waals surface area contributed by atoms with Crippen molar-refractivity contribution in [3.8, 4) is 5.69 Å². The number of imidazole rings is 1. The first-order chi connectivity index (χ1) is 7.72. The highest BCUT2D eigenvalue weighted by atomic mass is 15.1. The smallest absolute Gasteiger partial charge is 0.0994 e. The molecule has 0 fully saturated rings. The Balaban J connectivity index is 2.49. The Bertz CT molecular complexity index is 486. The van der Waals surface area contributed by atoms with E-state index in [1.165, 1.54) is 16.8 Å². The minimum atomic E-state index is 0.649. The Hall–Kier alpha value is -1.61. The zero-order chi connectivity index (χ0) is 11.5. The molecular weight excluding hydrogens is 198 g/mol. The van der Waals surface area contributed by atoms with Crippen molar-refractivity contribution in [2.45, 2.75) is 20.3 Å². The summed E-state index contributed by atoms with van der Waals surface area (Å²) in [4.78, 5) is 4.20. The van der Waals surface area contributed by atoms with E-state index >= 15 is 0 Å². The summed E-state index contributed by atoms with van der Waals surface area (Å²) in [6.07, 6.45) is 4.59. The van der Waals surface area contributed by atoms with Crippen LogP contribution in [0, 0.1) is 13.8 Å². The van der Waals surface area contributed by atoms with Crippen LogP contribution in [-0.4, -0.2) is 16.1 Å². The number of nitrogens with two attached hydrogens (primary N) is 1. The van der Waals surface area contributed by atoms with Crippen molar-refractivity contribution in [3.63, 3.8) is 0 Å². The average molecular weight is 215 g/mol. The van der Waals surface area contributed by atoms with Crippen molar-refractivity contribution < 1.29 is 0 Å². The second-order valence-corrected chi connectivity index (χ2v) is 4.08. The normalized spacial score (nSPS) is 10.7. The molecule has 2 rings (SSSR count). The Kier molecular flexibility index (Phi) is 3.06. The van der Waals surface area contributed by atoms with Crippen molar-refractivity contribution in [3.05, 3.63) is 47.5 Å². The molecule has 0 aliphatic carbocycles. The molecule has 0 aliphatic rings. The van der Waals surface area contributed by atoms with E-state index < -0.39 is 0 Å². The van der Waals surface area contributed by atoms with Gasteiger partial charge in [0.25, 0.3) is 0 Å². The van der Waals surface area contributed by atoms with Crippen molar-refractivity contribution in [2.75, 3.05) is 6.54 Å². The Morgan fingerprint density at radius 1 is 1.31 bits per heavy atom. The summed E-state index contributed by atoms with van der Waals surface area (Å²) >= 11 is 0. The quantitative estimate of drug-likeness (QED) is 0.851. The molecule has 0 unspecified atom stereocenters. The maximum absolute atomic E-state index is 5.59. The maximum Gasteiger partial charge on any atom is 0.0994 e. The SMILES string of the molecule is Cc1ccc(C)c(-n2cncc2CCN)c1. The van der Waals surface area contributed by atoms with E-state index in [0.717, 1.165) is 12.1 Å². The lowest BCUT2D eigenvalue weighted by Gasteiger charge is -2.11. The summed E-state index contributed by atoms with van der Waals surface area (Å²) in [6.45, 7) is 4.86. The molecule has 2 aromatic rings. The van der Waals surface area contributed by atoms with Gasteiger partial charge in [0.05, 0.1) is 6.33 Å². The average Bonchev–Trinajstić information content (AvgIpc) is 2.70. The number of aromatic nitrogens is 2. The first-order valence-corrected chi connectivity index (χ1v) is 5.51. The van der Waals surface area contributed by atoms with Crippen LogP contribution in [-0.2, 0) is 6.42 Å². The predicted octanol–water partition coefficient (Wildman–Crippen LogP) is 1.99. The third-order valence-electron chi connectivity index (χ3n) is 2.74. The van der Waals surface area contributed by atoms with Crippen molar-refractivity contribution in [1.82, 2.24) is 9.55 Å². The van der Waals surface area contributed by atoms with Gasteiger partial charge in [-0.05, 0) is 37.6 Å². The monoisotopic (exact) mass is 215 g/mol. The fourth-order valence-electron chi connectivity index (χ4n) is 1.85. The molecule has 0 saturated carbocycles. The summed E-state index contributed by atoms with van der Waals surface area (Å²) in [5.74, 6) is 0. The lowest BCUT2D eigenvalue weighted by molar-refractivity contribution is 0.869. The third kappa shape index (κ3) is 1.99. The van der Waals surface area contributed by atoms with Crippen LogP contribution in [0.4, 0.5) is 0 Å². The summed E-state index contributed by atoms with van der Waals surface area (Å²) < 4.78 is 2.12. The van der Waals surface area contributed by atoms with Crippen molar-refractivity contribution >= 4 is 0 Å². The van der Waals surface area contributed by atoms with Crippen molar-refractivity contribution in [2.24, 2.45) is 5.73 Å². The van der Waals surface area contributed by atoms with Crippen LogP contribution in [0.25, 0.3) is 5.69 Å². The first kappa shape index (κ1) is 10.9. The van der Waals surface area contributed by atoms with Crippen LogP contribution >= 0.6 is 0 Å². The van der Waals surface area contributed by atoms with Gasteiger partial charge in [-0.2, -0.15) is 0 Å². The van der Waals surface area contributed by atoms with E-state index in [2.05, 4.69) is 41.6 Å². The van der Waals surface area contributed by atoms with Gasteiger partial charge >= 0.3 is 0 Å². The molecule has 0 saturated heterocycles. The van der Waals surface area contributed by atoms with Gasteiger partial charge in [0.2, 0.25) is 0 Å². The molecule has 84 valence electrons. The standard InChI is InChI=1S/C13H17N3/c1-10-3-4-11(2)13(7-10)16-9-15-8-12(16)5-6-14/h3-4,7-9H,5-6,14H2,1-2H3. The first-order valence-electron chi connectivity index (χ1n) is 5.51. The molecular formula is C13H17N3. The lowest BCUT2D eigenvalue weighted by Crippen LogP contribution is -2.08. The lowest BCUT2D eigenvalue weighted by atomic mass is 10.1. The molecule has 3 heteroatoms. The Labute approximate surface area is 95.9 Å². The van der Waals surface area contributed by atoms with Gasteiger partial charge in [-0.25, -0.2) is 4.98 Å². The van der Waals surface area contributed by atoms with Crippen LogP contribution < -0.4 is 5.73 Å². The minimum Gasteiger partial charge on any atom is -0.330 e. The fourth-order valence-corrected chi connectivity index (χ4v) is 1.85. The molecule has 1 heterocycles. The van der Waals surface area contributed by atoms with Gasteiger partial charge in [-0.3, -0.25) is 0 Å². The molecule has 0 aliphatic heterocycles. The molecule has 1 aromatic carbocycles. The molecule has 2 N–H and O–H groups in total. The Morgan fingerprint density at radius 3 is 2.88 bits per heavy atom. The highest BCUT2D eigenvalue weighted by Crippen LogP contribution is 2.17. The zero-order valence-corrected chi connectivity index (χ0v) is 9.77. The Morgan fingerprint density at radius 2 is 2.12 bits per heavy atom. The second-order valence-electron chi connectivity index (χ2n) is 4.08. The van der Waals surface area contributed by atoms with Gasteiger partial charge in [-0.15, -0.1) is 0 Å². The third-order valence-corrected chi connectivity index (χ3v) is 2.74. The van der Waals surface area contributed by atoms with E-state index in [1.807, 2.05) is 12.5 Å². The molecule has 16 heavy (non-hydrogen) atoms. The molecule has 3 nitrogen and oxygen atoms in total. The largest absolute Gasteiger partial charge is 0.330 e. The number of aryl methyl sites for hydroxylation is 2. The molecule has 0 radical (unpaired) electrons. The molecule has 1 aromatic heterocycles. The number of benzene rings is 1. The predicted molar refractivity (Wildman–Crippen MR) is 65.8 cm³/mol. The molecule has 0 spiro atoms. The van der Waals surface area contributed by atoms with Crippen LogP contribution in [0.15, 0.2) is 30.7 Å². The van der Waals surface area contributed by atoms with E-state index in [0.29, 0.717) is 6.54 Å². The van der Waals surface area contributed by atoms with Gasteiger partial charge in [0, 0.05) is 24.0 Å². The van der Waals surface area contributed by atoms with Crippen LogP contribution in [0.5, 0.6) is 0 Å². The van der Waals surface area contributed by atoms with Crippen LogP contribution in [0.1, 0.15) is 16.8 Å². The van der Waals surface area contributed by atoms with Crippen molar-refractivity contribution in [1.29, 1.82) is 0 Å². The zero-order valence-electron chi connectivity index (χ0n) is 9.77. The molecule has 0 atom stereocenters. The summed E-state index contributed by atoms with van der Waals surface area (Å²) in [5, 5.41) is 0. The van der Waals surface area contributed by atoms with Gasteiger partial charge in [0.15, 0.2) is 0 Å². The van der Waals surface area contributed by atoms with E-state index in [9.17, 15) is 0 Å². The minimum absolute atomic E-state index is 0.649. The molecule has 0 amide bonds. The number of rotatable bonds is 3. The number of hydrogen-bond donors (Lipinski definition) is 1. The van der Waals surface area contributed by atoms with Gasteiger partial charge < -0.3 is 10.3 Å². The van der Waals surface area contributed by atoms with Crippen LogP contribution in [0.3, 0.4) is 0 Å². The number of nitrogens with zero attached hydrogens (tertiary/aromatic N) is 2. The summed E-state index contributed by atoms with van der Waals surface area (Å²) in [5.41, 5.74) is 10.5. The summed E-state index contributed by atoms with van der Waals surface area (Å²) in [7, 11) is 0. The van der Waals surface area contributed by atoms with E-state index in [4.69, 9.17) is 5.73 Å². The maximum atomic E-state index is 5.59. The van der Waals surface area contributed by atoms with Crippen LogP contribution in [0.2, 0.25) is 0 Å².